The van der Waals surface area contributed by atoms with E-state index in [0.29, 0.717) is 41.5 Å². The molecule has 8 nitrogen and oxygen atoms in total. The summed E-state index contributed by atoms with van der Waals surface area (Å²) in [5, 5.41) is 11.0. The molecule has 1 atom stereocenters. The molecule has 156 valence electrons. The predicted molar refractivity (Wildman–Crippen MR) is 113 cm³/mol. The minimum Gasteiger partial charge on any atom is -0.355 e. The average Bonchev–Trinajstić information content (AvgIpc) is 2.77. The molecule has 9 heteroatoms. The third-order valence-corrected chi connectivity index (χ3v) is 5.23. The molecule has 0 spiro atoms. The van der Waals surface area contributed by atoms with Crippen molar-refractivity contribution in [3.63, 3.8) is 0 Å². The average molecular weight is 428 g/mol. The number of amides is 3. The van der Waals surface area contributed by atoms with E-state index in [0.717, 1.165) is 5.56 Å². The first-order chi connectivity index (χ1) is 14.3. The molecule has 2 heterocycles. The van der Waals surface area contributed by atoms with E-state index in [9.17, 15) is 14.4 Å². The summed E-state index contributed by atoms with van der Waals surface area (Å²) in [7, 11) is 1.54. The third-order valence-electron chi connectivity index (χ3n) is 5.02. The first-order valence-corrected chi connectivity index (χ1v) is 9.76. The van der Waals surface area contributed by atoms with Crippen molar-refractivity contribution >= 4 is 29.3 Å². The first-order valence-electron chi connectivity index (χ1n) is 9.38. The molecule has 0 bridgehead atoms. The molecule has 1 fully saturated rings. The summed E-state index contributed by atoms with van der Waals surface area (Å²) in [4.78, 5) is 39.7. The summed E-state index contributed by atoms with van der Waals surface area (Å²) < 4.78 is 0. The Hall–Kier alpha value is -3.26. The number of carbonyl (C=O) groups is 3. The van der Waals surface area contributed by atoms with Gasteiger partial charge < -0.3 is 15.1 Å². The topological polar surface area (TPSA) is 95.5 Å². The van der Waals surface area contributed by atoms with Crippen LogP contribution in [-0.2, 0) is 9.59 Å². The monoisotopic (exact) mass is 427 g/mol. The zero-order chi connectivity index (χ0) is 21.8. The minimum absolute atomic E-state index is 0.0892. The third kappa shape index (κ3) is 4.49. The summed E-state index contributed by atoms with van der Waals surface area (Å²) in [6, 6.07) is 6.59. The maximum atomic E-state index is 12.2. The van der Waals surface area contributed by atoms with E-state index in [4.69, 9.17) is 11.6 Å². The van der Waals surface area contributed by atoms with Gasteiger partial charge in [-0.1, -0.05) is 18.2 Å². The van der Waals surface area contributed by atoms with Gasteiger partial charge in [0, 0.05) is 44.2 Å². The van der Waals surface area contributed by atoms with Gasteiger partial charge >= 0.3 is 0 Å². The highest BCUT2D eigenvalue weighted by atomic mass is 35.5. The highest BCUT2D eigenvalue weighted by Gasteiger charge is 2.31. The molecule has 30 heavy (non-hydrogen) atoms. The second-order valence-corrected chi connectivity index (χ2v) is 7.33. The fraction of sp³-hybridized carbons (Fsp3) is 0.286. The van der Waals surface area contributed by atoms with Gasteiger partial charge in [-0.15, -0.1) is 0 Å². The zero-order valence-corrected chi connectivity index (χ0v) is 17.5. The molecular formula is C21H22ClN5O3. The van der Waals surface area contributed by atoms with E-state index < -0.39 is 0 Å². The van der Waals surface area contributed by atoms with Gasteiger partial charge in [0.2, 0.25) is 11.8 Å². The quantitative estimate of drug-likeness (QED) is 0.753. The number of hydrogen-bond acceptors (Lipinski definition) is 5. The summed E-state index contributed by atoms with van der Waals surface area (Å²) in [5.74, 6) is -0.551. The van der Waals surface area contributed by atoms with Crippen LogP contribution in [0.4, 0.5) is 0 Å². The second kappa shape index (κ2) is 9.04. The van der Waals surface area contributed by atoms with Crippen LogP contribution in [0.1, 0.15) is 28.9 Å². The number of benzene rings is 1. The van der Waals surface area contributed by atoms with Gasteiger partial charge in [-0.25, -0.2) is 0 Å². The highest BCUT2D eigenvalue weighted by molar-refractivity contribution is 6.31. The van der Waals surface area contributed by atoms with Gasteiger partial charge in [-0.05, 0) is 35.9 Å². The first kappa shape index (κ1) is 21.4. The minimum atomic E-state index is -0.368. The molecule has 0 unspecified atom stereocenters. The maximum Gasteiger partial charge on any atom is 0.252 e. The predicted octanol–water partition coefficient (Wildman–Crippen LogP) is 2.07. The number of piperazine rings is 1. The maximum absolute atomic E-state index is 12.2. The Kier molecular flexibility index (Phi) is 6.47. The van der Waals surface area contributed by atoms with Crippen LogP contribution in [0.3, 0.4) is 0 Å². The van der Waals surface area contributed by atoms with Crippen molar-refractivity contribution in [2.45, 2.75) is 13.0 Å². The van der Waals surface area contributed by atoms with Crippen LogP contribution in [0.5, 0.6) is 0 Å². The van der Waals surface area contributed by atoms with Crippen LogP contribution in [0.25, 0.3) is 11.3 Å². The van der Waals surface area contributed by atoms with Gasteiger partial charge in [-0.3, -0.25) is 14.4 Å². The second-order valence-electron chi connectivity index (χ2n) is 6.90. The van der Waals surface area contributed by atoms with Crippen LogP contribution in [0, 0.1) is 0 Å². The SMILES string of the molecule is C=CC(=O)N1CCN(C(C)=O)[C@@H](c2cc(Cl)cc(-c3cc(C(=O)NC)cnn3)c2)C1. The summed E-state index contributed by atoms with van der Waals surface area (Å²) >= 11 is 6.37. The number of nitrogens with one attached hydrogen (secondary N) is 1. The number of rotatable bonds is 4. The van der Waals surface area contributed by atoms with Gasteiger partial charge in [0.25, 0.3) is 5.91 Å². The van der Waals surface area contributed by atoms with Gasteiger partial charge in [0.1, 0.15) is 0 Å². The fourth-order valence-electron chi connectivity index (χ4n) is 3.50. The summed E-state index contributed by atoms with van der Waals surface area (Å²) in [6.45, 7) is 6.22. The van der Waals surface area contributed by atoms with Crippen LogP contribution < -0.4 is 5.32 Å². The smallest absolute Gasteiger partial charge is 0.252 e. The number of hydrogen-bond donors (Lipinski definition) is 1. The molecule has 1 N–H and O–H groups in total. The lowest BCUT2D eigenvalue weighted by atomic mass is 9.98. The van der Waals surface area contributed by atoms with Gasteiger partial charge in [0.05, 0.1) is 23.5 Å². The Balaban J connectivity index is 2.02. The lowest BCUT2D eigenvalue weighted by Gasteiger charge is -2.41. The van der Waals surface area contributed by atoms with E-state index in [1.165, 1.54) is 26.2 Å². The Bertz CT molecular complexity index is 1010. The molecule has 3 amide bonds. The molecule has 0 radical (unpaired) electrons. The summed E-state index contributed by atoms with van der Waals surface area (Å²) in [6.07, 6.45) is 2.65. The van der Waals surface area contributed by atoms with Crippen molar-refractivity contribution in [1.82, 2.24) is 25.3 Å². The number of carbonyl (C=O) groups excluding carboxylic acids is 3. The van der Waals surface area contributed by atoms with Gasteiger partial charge in [-0.2, -0.15) is 10.2 Å². The number of nitrogens with zero attached hydrogens (tertiary/aromatic N) is 4. The van der Waals surface area contributed by atoms with Crippen LogP contribution in [0.15, 0.2) is 43.1 Å². The lowest BCUT2D eigenvalue weighted by Crippen LogP contribution is -2.51. The molecule has 1 aliphatic heterocycles. The molecule has 1 aromatic carbocycles. The standard InChI is InChI=1S/C21H22ClN5O3/c1-4-20(29)26-5-6-27(13(2)28)19(12-26)15-7-14(8-17(22)9-15)18-10-16(11-24-25-18)21(30)23-3/h4,7-11,19H,1,5-6,12H2,2-3H3,(H,23,30)/t19-/m1/s1. The Labute approximate surface area is 179 Å². The van der Waals surface area contributed by atoms with Crippen molar-refractivity contribution in [2.24, 2.45) is 0 Å². The van der Waals surface area contributed by atoms with Crippen molar-refractivity contribution in [1.29, 1.82) is 0 Å². The molecule has 0 aliphatic carbocycles. The molecule has 1 saturated heterocycles. The van der Waals surface area contributed by atoms with Crippen LogP contribution in [-0.4, -0.2) is 64.4 Å². The number of halogens is 1. The summed E-state index contributed by atoms with van der Waals surface area (Å²) in [5.41, 5.74) is 2.27. The van der Waals surface area contributed by atoms with Gasteiger partial charge in [0.15, 0.2) is 0 Å². The molecule has 2 aromatic rings. The molecular weight excluding hydrogens is 406 g/mol. The lowest BCUT2D eigenvalue weighted by molar-refractivity contribution is -0.139. The normalized spacial score (nSPS) is 16.2. The largest absolute Gasteiger partial charge is 0.355 e. The van der Waals surface area contributed by atoms with E-state index in [1.54, 1.807) is 28.0 Å². The van der Waals surface area contributed by atoms with Crippen LogP contribution >= 0.6 is 11.6 Å². The van der Waals surface area contributed by atoms with Crippen molar-refractivity contribution < 1.29 is 14.4 Å². The Morgan fingerprint density at radius 3 is 2.67 bits per heavy atom. The molecule has 1 aliphatic rings. The van der Waals surface area contributed by atoms with Crippen molar-refractivity contribution in [3.8, 4) is 11.3 Å². The fourth-order valence-corrected chi connectivity index (χ4v) is 3.75. The van der Waals surface area contributed by atoms with Crippen molar-refractivity contribution in [3.05, 3.63) is 59.3 Å². The molecule has 0 saturated carbocycles. The zero-order valence-electron chi connectivity index (χ0n) is 16.8. The molecule has 1 aromatic heterocycles. The Morgan fingerprint density at radius 2 is 2.00 bits per heavy atom. The van der Waals surface area contributed by atoms with E-state index >= 15 is 0 Å². The highest BCUT2D eigenvalue weighted by Crippen LogP contribution is 2.32. The Morgan fingerprint density at radius 1 is 1.23 bits per heavy atom. The number of aromatic nitrogens is 2. The van der Waals surface area contributed by atoms with Crippen LogP contribution in [0.2, 0.25) is 5.02 Å². The van der Waals surface area contributed by atoms with E-state index in [-0.39, 0.29) is 23.8 Å². The van der Waals surface area contributed by atoms with Crippen molar-refractivity contribution in [2.75, 3.05) is 26.7 Å². The van der Waals surface area contributed by atoms with E-state index in [2.05, 4.69) is 22.1 Å². The van der Waals surface area contributed by atoms with E-state index in [1.807, 2.05) is 6.07 Å². The molecule has 3 rings (SSSR count).